The van der Waals surface area contributed by atoms with Crippen molar-refractivity contribution in [1.29, 1.82) is 0 Å². The van der Waals surface area contributed by atoms with Crippen LogP contribution in [0.3, 0.4) is 0 Å². The SMILES string of the molecule is O=COn1c(=O)c(C(=O)O)cc2ccccc21. The number of benzene rings is 1. The second-order valence-electron chi connectivity index (χ2n) is 3.22. The molecule has 0 bridgehead atoms. The third-order valence-electron chi connectivity index (χ3n) is 2.25. The van der Waals surface area contributed by atoms with Crippen molar-refractivity contribution in [2.75, 3.05) is 0 Å². The molecule has 1 aromatic heterocycles. The normalized spacial score (nSPS) is 10.1. The van der Waals surface area contributed by atoms with Crippen LogP contribution in [-0.2, 0) is 4.79 Å². The Labute approximate surface area is 94.6 Å². The summed E-state index contributed by atoms with van der Waals surface area (Å²) in [5.74, 6) is -1.37. The molecule has 2 rings (SSSR count). The minimum atomic E-state index is -1.37. The molecule has 0 aliphatic carbocycles. The summed E-state index contributed by atoms with van der Waals surface area (Å²) in [5, 5.41) is 9.35. The number of carboxylic acid groups (broad SMARTS) is 1. The van der Waals surface area contributed by atoms with Crippen LogP contribution in [0.15, 0.2) is 35.1 Å². The summed E-state index contributed by atoms with van der Waals surface area (Å²) < 4.78 is 0.659. The zero-order valence-corrected chi connectivity index (χ0v) is 8.49. The van der Waals surface area contributed by atoms with Crippen molar-refractivity contribution < 1.29 is 19.5 Å². The van der Waals surface area contributed by atoms with Crippen LogP contribution in [0.5, 0.6) is 0 Å². The van der Waals surface area contributed by atoms with Crippen LogP contribution in [0.25, 0.3) is 10.9 Å². The molecule has 6 heteroatoms. The minimum Gasteiger partial charge on any atom is -0.477 e. The fourth-order valence-corrected chi connectivity index (χ4v) is 1.53. The maximum Gasteiger partial charge on any atom is 0.341 e. The van der Waals surface area contributed by atoms with E-state index in [-0.39, 0.29) is 6.47 Å². The van der Waals surface area contributed by atoms with Crippen molar-refractivity contribution >= 4 is 23.3 Å². The van der Waals surface area contributed by atoms with Gasteiger partial charge in [0.25, 0.3) is 5.56 Å². The largest absolute Gasteiger partial charge is 0.477 e. The Morgan fingerprint density at radius 3 is 2.71 bits per heavy atom. The number of para-hydroxylation sites is 1. The molecule has 86 valence electrons. The van der Waals surface area contributed by atoms with E-state index in [0.717, 1.165) is 0 Å². The van der Waals surface area contributed by atoms with Crippen molar-refractivity contribution in [3.05, 3.63) is 46.2 Å². The molecule has 0 aliphatic heterocycles. The van der Waals surface area contributed by atoms with Gasteiger partial charge in [-0.25, -0.2) is 4.79 Å². The van der Waals surface area contributed by atoms with Gasteiger partial charge in [-0.2, -0.15) is 0 Å². The maximum atomic E-state index is 11.7. The molecular formula is C11H7NO5. The number of carbonyl (C=O) groups excluding carboxylic acids is 1. The highest BCUT2D eigenvalue weighted by molar-refractivity contribution is 5.92. The molecular weight excluding hydrogens is 226 g/mol. The smallest absolute Gasteiger partial charge is 0.341 e. The summed E-state index contributed by atoms with van der Waals surface area (Å²) >= 11 is 0. The summed E-state index contributed by atoms with van der Waals surface area (Å²) in [6.45, 7) is 0.0689. The predicted molar refractivity (Wildman–Crippen MR) is 57.8 cm³/mol. The van der Waals surface area contributed by atoms with Crippen LogP contribution in [-0.4, -0.2) is 22.3 Å². The highest BCUT2D eigenvalue weighted by Crippen LogP contribution is 2.12. The van der Waals surface area contributed by atoms with Crippen molar-refractivity contribution in [1.82, 2.24) is 4.73 Å². The summed E-state index contributed by atoms with van der Waals surface area (Å²) in [7, 11) is 0. The highest BCUT2D eigenvalue weighted by Gasteiger charge is 2.15. The quantitative estimate of drug-likeness (QED) is 0.770. The first-order valence-corrected chi connectivity index (χ1v) is 4.64. The van der Waals surface area contributed by atoms with E-state index in [4.69, 9.17) is 5.11 Å². The number of nitrogens with zero attached hydrogens (tertiary/aromatic N) is 1. The average Bonchev–Trinajstić information content (AvgIpc) is 2.32. The van der Waals surface area contributed by atoms with E-state index >= 15 is 0 Å². The van der Waals surface area contributed by atoms with Crippen LogP contribution in [0.1, 0.15) is 10.4 Å². The molecule has 0 atom stereocenters. The number of aromatic carboxylic acids is 1. The Balaban J connectivity index is 2.90. The predicted octanol–water partition coefficient (Wildman–Crippen LogP) is 0.285. The molecule has 0 amide bonds. The molecule has 0 unspecified atom stereocenters. The third kappa shape index (κ3) is 1.76. The van der Waals surface area contributed by atoms with E-state index in [2.05, 4.69) is 4.84 Å². The van der Waals surface area contributed by atoms with Crippen LogP contribution in [0.4, 0.5) is 0 Å². The lowest BCUT2D eigenvalue weighted by Crippen LogP contribution is -2.31. The van der Waals surface area contributed by atoms with Crippen LogP contribution in [0, 0.1) is 0 Å². The van der Waals surface area contributed by atoms with Gasteiger partial charge in [0.2, 0.25) is 0 Å². The molecule has 2 aromatic rings. The summed E-state index contributed by atoms with van der Waals surface area (Å²) in [4.78, 5) is 37.4. The minimum absolute atomic E-state index is 0.0689. The lowest BCUT2D eigenvalue weighted by atomic mass is 10.1. The highest BCUT2D eigenvalue weighted by atomic mass is 16.7. The summed E-state index contributed by atoms with van der Waals surface area (Å²) in [5.41, 5.74) is -1.01. The van der Waals surface area contributed by atoms with Crippen molar-refractivity contribution in [3.63, 3.8) is 0 Å². The standard InChI is InChI=1S/C11H7NO5/c13-6-17-12-9-4-2-1-3-7(9)5-8(10(12)14)11(15)16/h1-6H,(H,15,16). The van der Waals surface area contributed by atoms with E-state index < -0.39 is 17.1 Å². The Bertz CT molecular complexity index is 658. The van der Waals surface area contributed by atoms with Gasteiger partial charge in [-0.3, -0.25) is 9.59 Å². The first-order chi connectivity index (χ1) is 8.15. The second-order valence-corrected chi connectivity index (χ2v) is 3.22. The van der Waals surface area contributed by atoms with Gasteiger partial charge in [0, 0.05) is 5.39 Å². The molecule has 1 aromatic carbocycles. The van der Waals surface area contributed by atoms with Crippen molar-refractivity contribution in [3.8, 4) is 0 Å². The van der Waals surface area contributed by atoms with Crippen LogP contribution >= 0.6 is 0 Å². The number of carboxylic acids is 1. The molecule has 0 fully saturated rings. The van der Waals surface area contributed by atoms with Crippen LogP contribution in [0.2, 0.25) is 0 Å². The molecule has 0 saturated carbocycles. The molecule has 0 spiro atoms. The maximum absolute atomic E-state index is 11.7. The lowest BCUT2D eigenvalue weighted by molar-refractivity contribution is -0.129. The average molecular weight is 233 g/mol. The Hall–Kier alpha value is -2.63. The van der Waals surface area contributed by atoms with Crippen molar-refractivity contribution in [2.45, 2.75) is 0 Å². The third-order valence-corrected chi connectivity index (χ3v) is 2.25. The van der Waals surface area contributed by atoms with E-state index in [1.165, 1.54) is 6.07 Å². The number of aromatic nitrogens is 1. The van der Waals surface area contributed by atoms with E-state index in [1.807, 2.05) is 0 Å². The molecule has 17 heavy (non-hydrogen) atoms. The molecule has 0 saturated heterocycles. The topological polar surface area (TPSA) is 85.6 Å². The zero-order chi connectivity index (χ0) is 12.4. The monoisotopic (exact) mass is 233 g/mol. The molecule has 0 aliphatic rings. The molecule has 6 nitrogen and oxygen atoms in total. The van der Waals surface area contributed by atoms with Gasteiger partial charge in [-0.1, -0.05) is 18.2 Å². The first kappa shape index (κ1) is 10.9. The Morgan fingerprint density at radius 2 is 2.06 bits per heavy atom. The number of hydrogen-bond acceptors (Lipinski definition) is 4. The van der Waals surface area contributed by atoms with Gasteiger partial charge in [-0.05, 0) is 12.1 Å². The number of pyridine rings is 1. The second kappa shape index (κ2) is 4.09. The van der Waals surface area contributed by atoms with E-state index in [9.17, 15) is 14.4 Å². The summed E-state index contributed by atoms with van der Waals surface area (Å²) in [6.07, 6.45) is 0. The van der Waals surface area contributed by atoms with Gasteiger partial charge >= 0.3 is 12.4 Å². The van der Waals surface area contributed by atoms with Gasteiger partial charge < -0.3 is 9.94 Å². The van der Waals surface area contributed by atoms with E-state index in [1.54, 1.807) is 24.3 Å². The first-order valence-electron chi connectivity index (χ1n) is 4.64. The number of fused-ring (bicyclic) bond motifs is 1. The fourth-order valence-electron chi connectivity index (χ4n) is 1.53. The van der Waals surface area contributed by atoms with Crippen molar-refractivity contribution in [2.24, 2.45) is 0 Å². The molecule has 1 N–H and O–H groups in total. The van der Waals surface area contributed by atoms with Gasteiger partial charge in [0.1, 0.15) is 5.56 Å². The zero-order valence-electron chi connectivity index (χ0n) is 8.49. The lowest BCUT2D eigenvalue weighted by Gasteiger charge is -2.07. The Kier molecular flexibility index (Phi) is 2.61. The number of hydrogen-bond donors (Lipinski definition) is 1. The molecule has 1 heterocycles. The van der Waals surface area contributed by atoms with Gasteiger partial charge in [0.05, 0.1) is 5.52 Å². The number of carbonyl (C=O) groups is 2. The molecule has 0 radical (unpaired) electrons. The Morgan fingerprint density at radius 1 is 1.35 bits per heavy atom. The summed E-state index contributed by atoms with van der Waals surface area (Å²) in [6, 6.07) is 7.74. The fraction of sp³-hybridized carbons (Fsp3) is 0. The van der Waals surface area contributed by atoms with E-state index in [0.29, 0.717) is 15.6 Å². The number of rotatable bonds is 3. The van der Waals surface area contributed by atoms with Gasteiger partial charge in [0.15, 0.2) is 0 Å². The van der Waals surface area contributed by atoms with Crippen LogP contribution < -0.4 is 10.4 Å². The van der Waals surface area contributed by atoms with Gasteiger partial charge in [-0.15, -0.1) is 4.73 Å².